The fraction of sp³-hybridized carbons (Fsp3) is 0.308. The van der Waals surface area contributed by atoms with Gasteiger partial charge in [0.25, 0.3) is 0 Å². The van der Waals surface area contributed by atoms with Crippen LogP contribution in [0.5, 0.6) is 0 Å². The molecule has 1 fully saturated rings. The highest BCUT2D eigenvalue weighted by molar-refractivity contribution is 9.10. The van der Waals surface area contributed by atoms with Crippen LogP contribution in [0.1, 0.15) is 12.5 Å². The first-order valence-electron chi connectivity index (χ1n) is 6.36. The Morgan fingerprint density at radius 3 is 2.81 bits per heavy atom. The molecule has 3 rings (SSSR count). The summed E-state index contributed by atoms with van der Waals surface area (Å²) in [6.07, 6.45) is 2.08. The molecule has 1 aliphatic heterocycles. The largest absolute Gasteiger partial charge is 0.396 e. The van der Waals surface area contributed by atoms with Crippen molar-refractivity contribution in [1.29, 1.82) is 0 Å². The Balaban J connectivity index is 1.99. The third-order valence-corrected chi connectivity index (χ3v) is 5.77. The number of aromatic nitrogens is 2. The van der Waals surface area contributed by atoms with E-state index in [-0.39, 0.29) is 17.5 Å². The van der Waals surface area contributed by atoms with Crippen molar-refractivity contribution in [2.45, 2.75) is 12.5 Å². The molecular formula is C13H13BrFN3O2S. The molecule has 21 heavy (non-hydrogen) atoms. The van der Waals surface area contributed by atoms with Crippen LogP contribution >= 0.6 is 15.9 Å². The lowest BCUT2D eigenvalue weighted by molar-refractivity contribution is 0.500. The molecule has 0 aliphatic carbocycles. The van der Waals surface area contributed by atoms with Gasteiger partial charge in [-0.15, -0.1) is 0 Å². The Hall–Kier alpha value is -1.41. The molecule has 1 saturated heterocycles. The summed E-state index contributed by atoms with van der Waals surface area (Å²) in [4.78, 5) is 0. The van der Waals surface area contributed by atoms with E-state index in [1.807, 2.05) is 0 Å². The number of nitrogens with zero attached hydrogens (tertiary/aromatic N) is 2. The Kier molecular flexibility index (Phi) is 3.53. The zero-order valence-corrected chi connectivity index (χ0v) is 13.4. The third-order valence-electron chi connectivity index (χ3n) is 3.53. The molecule has 1 atom stereocenters. The second-order valence-corrected chi connectivity index (χ2v) is 8.24. The molecule has 1 aromatic heterocycles. The number of benzene rings is 1. The number of rotatable bonds is 2. The summed E-state index contributed by atoms with van der Waals surface area (Å²) in [5.41, 5.74) is 6.88. The van der Waals surface area contributed by atoms with Gasteiger partial charge in [-0.05, 0) is 24.6 Å². The van der Waals surface area contributed by atoms with Crippen molar-refractivity contribution in [2.75, 3.05) is 17.2 Å². The van der Waals surface area contributed by atoms with E-state index in [1.165, 1.54) is 10.7 Å². The van der Waals surface area contributed by atoms with Gasteiger partial charge in [0.2, 0.25) is 0 Å². The van der Waals surface area contributed by atoms with E-state index >= 15 is 0 Å². The first kappa shape index (κ1) is 14.5. The number of halogens is 2. The maximum absolute atomic E-state index is 14.0. The van der Waals surface area contributed by atoms with Gasteiger partial charge in [0.15, 0.2) is 9.84 Å². The molecule has 0 saturated carbocycles. The maximum atomic E-state index is 14.0. The predicted octanol–water partition coefficient (Wildman–Crippen LogP) is 2.39. The normalized spacial score (nSPS) is 20.8. The Morgan fingerprint density at radius 1 is 1.43 bits per heavy atom. The molecule has 1 aliphatic rings. The van der Waals surface area contributed by atoms with Crippen LogP contribution in [0, 0.1) is 5.82 Å². The molecule has 112 valence electrons. The summed E-state index contributed by atoms with van der Waals surface area (Å²) in [5.74, 6) is -0.226. The van der Waals surface area contributed by atoms with Gasteiger partial charge in [-0.25, -0.2) is 12.8 Å². The van der Waals surface area contributed by atoms with Crippen LogP contribution in [0.3, 0.4) is 0 Å². The summed E-state index contributed by atoms with van der Waals surface area (Å²) in [5, 5.41) is 4.29. The lowest BCUT2D eigenvalue weighted by Gasteiger charge is -2.07. The van der Waals surface area contributed by atoms with E-state index in [1.54, 1.807) is 18.3 Å². The lowest BCUT2D eigenvalue weighted by Crippen LogP contribution is -2.11. The summed E-state index contributed by atoms with van der Waals surface area (Å²) in [6, 6.07) is 4.41. The van der Waals surface area contributed by atoms with Crippen LogP contribution in [0.4, 0.5) is 10.1 Å². The van der Waals surface area contributed by atoms with Gasteiger partial charge < -0.3 is 5.73 Å². The molecule has 0 bridgehead atoms. The standard InChI is InChI=1S/C13H13BrFN3O2S/c14-8-1-2-10(11(15)5-8)13-12(16)6-18(17-13)9-3-4-21(19,20)7-9/h1-2,5-6,9H,3-4,7,16H2. The predicted molar refractivity (Wildman–Crippen MR) is 82.0 cm³/mol. The fourth-order valence-corrected chi connectivity index (χ4v) is 4.50. The Labute approximate surface area is 130 Å². The number of nitrogen functional groups attached to an aromatic ring is 1. The molecule has 0 radical (unpaired) electrons. The van der Waals surface area contributed by atoms with Gasteiger partial charge in [-0.3, -0.25) is 4.68 Å². The zero-order chi connectivity index (χ0) is 15.2. The van der Waals surface area contributed by atoms with Crippen molar-refractivity contribution in [1.82, 2.24) is 9.78 Å². The van der Waals surface area contributed by atoms with E-state index in [4.69, 9.17) is 5.73 Å². The molecule has 1 aromatic carbocycles. The molecule has 5 nitrogen and oxygen atoms in total. The van der Waals surface area contributed by atoms with Crippen molar-refractivity contribution < 1.29 is 12.8 Å². The Bertz CT molecular complexity index is 804. The van der Waals surface area contributed by atoms with Crippen molar-refractivity contribution in [3.05, 3.63) is 34.7 Å². The van der Waals surface area contributed by atoms with Crippen molar-refractivity contribution >= 4 is 31.5 Å². The number of anilines is 1. The molecule has 0 amide bonds. The highest BCUT2D eigenvalue weighted by atomic mass is 79.9. The van der Waals surface area contributed by atoms with E-state index in [9.17, 15) is 12.8 Å². The van der Waals surface area contributed by atoms with Gasteiger partial charge >= 0.3 is 0 Å². The van der Waals surface area contributed by atoms with Crippen molar-refractivity contribution in [2.24, 2.45) is 0 Å². The van der Waals surface area contributed by atoms with E-state index < -0.39 is 15.7 Å². The zero-order valence-electron chi connectivity index (χ0n) is 11.0. The monoisotopic (exact) mass is 373 g/mol. The average Bonchev–Trinajstić information content (AvgIpc) is 2.93. The second kappa shape index (κ2) is 5.10. The molecular weight excluding hydrogens is 361 g/mol. The highest BCUT2D eigenvalue weighted by Crippen LogP contribution is 2.31. The minimum absolute atomic E-state index is 0.0520. The molecule has 8 heteroatoms. The summed E-state index contributed by atoms with van der Waals surface area (Å²) >= 11 is 3.20. The smallest absolute Gasteiger partial charge is 0.152 e. The van der Waals surface area contributed by atoms with Crippen LogP contribution in [0.25, 0.3) is 11.3 Å². The van der Waals surface area contributed by atoms with Gasteiger partial charge in [-0.2, -0.15) is 5.10 Å². The maximum Gasteiger partial charge on any atom is 0.152 e. The van der Waals surface area contributed by atoms with Gasteiger partial charge in [0, 0.05) is 16.2 Å². The summed E-state index contributed by atoms with van der Waals surface area (Å²) < 4.78 is 39.2. The lowest BCUT2D eigenvalue weighted by atomic mass is 10.1. The number of nitrogens with two attached hydrogens (primary N) is 1. The van der Waals surface area contributed by atoms with Crippen molar-refractivity contribution in [3.63, 3.8) is 0 Å². The topological polar surface area (TPSA) is 78.0 Å². The molecule has 1 unspecified atom stereocenters. The number of hydrogen-bond donors (Lipinski definition) is 1. The van der Waals surface area contributed by atoms with E-state index in [2.05, 4.69) is 21.0 Å². The fourth-order valence-electron chi connectivity index (χ4n) is 2.47. The first-order valence-corrected chi connectivity index (χ1v) is 8.97. The average molecular weight is 374 g/mol. The second-order valence-electron chi connectivity index (χ2n) is 5.09. The molecule has 2 heterocycles. The first-order chi connectivity index (χ1) is 9.85. The highest BCUT2D eigenvalue weighted by Gasteiger charge is 2.30. The molecule has 2 aromatic rings. The van der Waals surface area contributed by atoms with Crippen LogP contribution in [-0.2, 0) is 9.84 Å². The van der Waals surface area contributed by atoms with Crippen LogP contribution in [0.2, 0.25) is 0 Å². The minimum atomic E-state index is -3.01. The summed E-state index contributed by atoms with van der Waals surface area (Å²) in [6.45, 7) is 0. The van der Waals surface area contributed by atoms with Crippen LogP contribution in [-0.4, -0.2) is 29.7 Å². The van der Waals surface area contributed by atoms with Crippen LogP contribution < -0.4 is 5.73 Å². The summed E-state index contributed by atoms with van der Waals surface area (Å²) in [7, 11) is -3.01. The Morgan fingerprint density at radius 2 is 2.19 bits per heavy atom. The third kappa shape index (κ3) is 2.82. The van der Waals surface area contributed by atoms with E-state index in [0.29, 0.717) is 27.8 Å². The van der Waals surface area contributed by atoms with Crippen molar-refractivity contribution in [3.8, 4) is 11.3 Å². The van der Waals surface area contributed by atoms with E-state index in [0.717, 1.165) is 0 Å². The SMILES string of the molecule is Nc1cn(C2CCS(=O)(=O)C2)nc1-c1ccc(Br)cc1F. The number of hydrogen-bond acceptors (Lipinski definition) is 4. The minimum Gasteiger partial charge on any atom is -0.396 e. The molecule has 2 N–H and O–H groups in total. The van der Waals surface area contributed by atoms with Gasteiger partial charge in [0.05, 0.1) is 23.2 Å². The van der Waals surface area contributed by atoms with Gasteiger partial charge in [0.1, 0.15) is 11.5 Å². The quantitative estimate of drug-likeness (QED) is 0.876. The van der Waals surface area contributed by atoms with Crippen LogP contribution in [0.15, 0.2) is 28.9 Å². The molecule has 0 spiro atoms. The van der Waals surface area contributed by atoms with Gasteiger partial charge in [-0.1, -0.05) is 15.9 Å². The number of sulfone groups is 1.